The first-order valence-electron chi connectivity index (χ1n) is 12.0. The lowest BCUT2D eigenvalue weighted by molar-refractivity contribution is -0.115. The molecule has 0 heterocycles. The van der Waals surface area contributed by atoms with Gasteiger partial charge in [0.05, 0.1) is 12.1 Å². The van der Waals surface area contributed by atoms with E-state index in [0.717, 1.165) is 42.7 Å². The van der Waals surface area contributed by atoms with E-state index in [4.69, 9.17) is 9.84 Å². The van der Waals surface area contributed by atoms with Crippen molar-refractivity contribution in [2.24, 2.45) is 0 Å². The highest BCUT2D eigenvalue weighted by atomic mass is 16.5. The molecule has 0 aliphatic heterocycles. The number of rotatable bonds is 10. The average molecular weight is 474 g/mol. The lowest BCUT2D eigenvalue weighted by Gasteiger charge is -2.33. The summed E-state index contributed by atoms with van der Waals surface area (Å²) in [6.45, 7) is 0.894. The summed E-state index contributed by atoms with van der Waals surface area (Å²) < 4.78 is 5.79. The van der Waals surface area contributed by atoms with E-state index < -0.39 is 5.97 Å². The predicted molar refractivity (Wildman–Crippen MR) is 136 cm³/mol. The fourth-order valence-corrected chi connectivity index (χ4v) is 4.29. The molecule has 7 nitrogen and oxygen atoms in total. The molecule has 1 aliphatic rings. The highest BCUT2D eigenvalue weighted by molar-refractivity contribution is 5.92. The largest absolute Gasteiger partial charge is 0.478 e. The Morgan fingerprint density at radius 3 is 2.09 bits per heavy atom. The molecule has 7 heteroatoms. The Balaban J connectivity index is 1.23. The summed E-state index contributed by atoms with van der Waals surface area (Å²) >= 11 is 0. The van der Waals surface area contributed by atoms with E-state index in [2.05, 4.69) is 16.0 Å². The monoisotopic (exact) mass is 473 g/mol. The van der Waals surface area contributed by atoms with Crippen LogP contribution in [0.1, 0.15) is 41.6 Å². The van der Waals surface area contributed by atoms with E-state index in [1.165, 1.54) is 0 Å². The van der Waals surface area contributed by atoms with Crippen LogP contribution in [-0.2, 0) is 11.3 Å². The molecule has 0 unspecified atom stereocenters. The van der Waals surface area contributed by atoms with Gasteiger partial charge >= 0.3 is 5.97 Å². The highest BCUT2D eigenvalue weighted by Gasteiger charge is 2.24. The van der Waals surface area contributed by atoms with Gasteiger partial charge in [-0.1, -0.05) is 43.2 Å². The molecule has 1 aliphatic carbocycles. The van der Waals surface area contributed by atoms with Crippen molar-refractivity contribution >= 4 is 17.6 Å². The van der Waals surface area contributed by atoms with Crippen LogP contribution in [0.5, 0.6) is 11.5 Å². The summed E-state index contributed by atoms with van der Waals surface area (Å²) in [7, 11) is 0. The molecule has 0 aromatic heterocycles. The van der Waals surface area contributed by atoms with E-state index in [9.17, 15) is 9.59 Å². The normalized spacial score (nSPS) is 17.5. The number of carbonyl (C=O) groups is 2. The number of carboxylic acids is 1. The zero-order valence-electron chi connectivity index (χ0n) is 19.6. The minimum Gasteiger partial charge on any atom is -0.478 e. The predicted octanol–water partition coefficient (Wildman–Crippen LogP) is 4.81. The third-order valence-corrected chi connectivity index (χ3v) is 6.18. The lowest BCUT2D eigenvalue weighted by atomic mass is 9.90. The van der Waals surface area contributed by atoms with Gasteiger partial charge in [-0.25, -0.2) is 4.79 Å². The second-order valence-corrected chi connectivity index (χ2v) is 8.75. The van der Waals surface area contributed by atoms with E-state index in [0.29, 0.717) is 12.3 Å². The molecule has 35 heavy (non-hydrogen) atoms. The minimum atomic E-state index is -0.921. The smallest absolute Gasteiger partial charge is 0.335 e. The van der Waals surface area contributed by atoms with Crippen LogP contribution in [0.2, 0.25) is 0 Å². The second-order valence-electron chi connectivity index (χ2n) is 8.75. The molecule has 0 radical (unpaired) electrons. The summed E-state index contributed by atoms with van der Waals surface area (Å²) in [5, 5.41) is 19.0. The molecule has 4 N–H and O–H groups in total. The summed E-state index contributed by atoms with van der Waals surface area (Å²) in [4.78, 5) is 23.6. The Bertz CT molecular complexity index is 1100. The first-order chi connectivity index (χ1) is 17.1. The third kappa shape index (κ3) is 7.40. The number of ether oxygens (including phenoxy) is 1. The Labute approximate surface area is 205 Å². The molecule has 1 amide bonds. The summed E-state index contributed by atoms with van der Waals surface area (Å²) in [6.07, 6.45) is 4.33. The highest BCUT2D eigenvalue weighted by Crippen LogP contribution is 2.23. The number of hydrogen-bond donors (Lipinski definition) is 4. The number of benzene rings is 3. The van der Waals surface area contributed by atoms with Gasteiger partial charge in [0.15, 0.2) is 0 Å². The number of aromatic carboxylic acids is 1. The number of amides is 1. The number of carboxylic acid groups (broad SMARTS) is 1. The third-order valence-electron chi connectivity index (χ3n) is 6.18. The first kappa shape index (κ1) is 24.4. The van der Waals surface area contributed by atoms with Crippen LogP contribution in [0.3, 0.4) is 0 Å². The van der Waals surface area contributed by atoms with Crippen LogP contribution in [-0.4, -0.2) is 35.6 Å². The quantitative estimate of drug-likeness (QED) is 0.337. The van der Waals surface area contributed by atoms with Crippen LogP contribution >= 0.6 is 0 Å². The van der Waals surface area contributed by atoms with Crippen molar-refractivity contribution in [3.05, 3.63) is 90.0 Å². The van der Waals surface area contributed by atoms with Gasteiger partial charge in [0, 0.05) is 24.3 Å². The zero-order chi connectivity index (χ0) is 24.5. The number of para-hydroxylation sites is 1. The standard InChI is InChI=1S/C28H31N3O4/c32-27(31-22-14-16-24(17-15-22)35-23-6-2-1-3-7-23)19-30-26-9-5-4-8-25(26)29-18-20-10-12-21(13-11-20)28(33)34/h1-3,6-7,10-17,25-26,29-30H,4-5,8-9,18-19H2,(H,31,32)(H,33,34)/t25-,26+/m1/s1. The van der Waals surface area contributed by atoms with Crippen LogP contribution in [0.4, 0.5) is 5.69 Å². The van der Waals surface area contributed by atoms with Crippen LogP contribution in [0.15, 0.2) is 78.9 Å². The maximum atomic E-state index is 12.5. The Morgan fingerprint density at radius 2 is 1.43 bits per heavy atom. The Morgan fingerprint density at radius 1 is 0.800 bits per heavy atom. The Hall–Kier alpha value is -3.68. The lowest BCUT2D eigenvalue weighted by Crippen LogP contribution is -2.51. The fraction of sp³-hybridized carbons (Fsp3) is 0.286. The molecule has 3 aromatic rings. The van der Waals surface area contributed by atoms with Crippen LogP contribution < -0.4 is 20.7 Å². The minimum absolute atomic E-state index is 0.0877. The van der Waals surface area contributed by atoms with Crippen LogP contribution in [0, 0.1) is 0 Å². The molecule has 182 valence electrons. The molecule has 0 bridgehead atoms. The van der Waals surface area contributed by atoms with Gasteiger partial charge in [0.2, 0.25) is 5.91 Å². The molecule has 3 aromatic carbocycles. The molecule has 0 spiro atoms. The van der Waals surface area contributed by atoms with Crippen molar-refractivity contribution in [2.75, 3.05) is 11.9 Å². The maximum Gasteiger partial charge on any atom is 0.335 e. The van der Waals surface area contributed by atoms with Crippen molar-refractivity contribution in [3.63, 3.8) is 0 Å². The maximum absolute atomic E-state index is 12.5. The van der Waals surface area contributed by atoms with Gasteiger partial charge in [-0.15, -0.1) is 0 Å². The number of anilines is 1. The Kier molecular flexibility index (Phi) is 8.48. The fourth-order valence-electron chi connectivity index (χ4n) is 4.29. The summed E-state index contributed by atoms with van der Waals surface area (Å²) in [5.41, 5.74) is 2.05. The van der Waals surface area contributed by atoms with Crippen molar-refractivity contribution in [1.29, 1.82) is 0 Å². The van der Waals surface area contributed by atoms with Crippen molar-refractivity contribution < 1.29 is 19.4 Å². The van der Waals surface area contributed by atoms with Gasteiger partial charge in [-0.05, 0) is 66.9 Å². The average Bonchev–Trinajstić information content (AvgIpc) is 2.89. The van der Waals surface area contributed by atoms with Crippen LogP contribution in [0.25, 0.3) is 0 Å². The van der Waals surface area contributed by atoms with Gasteiger partial charge in [-0.2, -0.15) is 0 Å². The van der Waals surface area contributed by atoms with Gasteiger partial charge in [0.25, 0.3) is 0 Å². The molecule has 4 rings (SSSR count). The molecule has 2 atom stereocenters. The SMILES string of the molecule is O=C(CN[C@H]1CCCC[C@H]1NCc1ccc(C(=O)O)cc1)Nc1ccc(Oc2ccccc2)cc1. The van der Waals surface area contributed by atoms with Crippen molar-refractivity contribution in [3.8, 4) is 11.5 Å². The molecule has 1 saturated carbocycles. The number of carbonyl (C=O) groups excluding carboxylic acids is 1. The van der Waals surface area contributed by atoms with Crippen molar-refractivity contribution in [2.45, 2.75) is 44.3 Å². The molecule has 0 saturated heterocycles. The zero-order valence-corrected chi connectivity index (χ0v) is 19.6. The van der Waals surface area contributed by atoms with Gasteiger partial charge in [-0.3, -0.25) is 4.79 Å². The summed E-state index contributed by atoms with van der Waals surface area (Å²) in [5.74, 6) is 0.466. The number of nitrogens with one attached hydrogen (secondary N) is 3. The van der Waals surface area contributed by atoms with E-state index in [1.54, 1.807) is 12.1 Å². The van der Waals surface area contributed by atoms with Gasteiger partial charge in [0.1, 0.15) is 11.5 Å². The van der Waals surface area contributed by atoms with Gasteiger partial charge < -0.3 is 25.8 Å². The van der Waals surface area contributed by atoms with E-state index in [1.807, 2.05) is 66.7 Å². The second kappa shape index (κ2) is 12.1. The molecular formula is C28H31N3O4. The van der Waals surface area contributed by atoms with Crippen molar-refractivity contribution in [1.82, 2.24) is 10.6 Å². The summed E-state index contributed by atoms with van der Waals surface area (Å²) in [6, 6.07) is 24.3. The van der Waals surface area contributed by atoms with E-state index >= 15 is 0 Å². The molecular weight excluding hydrogens is 442 g/mol. The topological polar surface area (TPSA) is 99.7 Å². The number of hydrogen-bond acceptors (Lipinski definition) is 5. The molecule has 1 fully saturated rings. The van der Waals surface area contributed by atoms with E-state index in [-0.39, 0.29) is 30.1 Å². The first-order valence-corrected chi connectivity index (χ1v) is 12.0.